The lowest BCUT2D eigenvalue weighted by molar-refractivity contribution is -0.138. The molecule has 0 saturated heterocycles. The van der Waals surface area contributed by atoms with Crippen LogP contribution in [0.1, 0.15) is 49.7 Å². The highest BCUT2D eigenvalue weighted by Crippen LogP contribution is 2.24. The molecule has 2 atom stereocenters. The maximum atomic E-state index is 13.1. The van der Waals surface area contributed by atoms with Crippen molar-refractivity contribution < 1.29 is 28.7 Å². The number of nitrogens with zero attached hydrogens (tertiary/aromatic N) is 1. The number of halogens is 1. The van der Waals surface area contributed by atoms with E-state index in [1.807, 2.05) is 31.2 Å². The van der Waals surface area contributed by atoms with Gasteiger partial charge in [-0.1, -0.05) is 32.0 Å². The molecule has 8 nitrogen and oxygen atoms in total. The largest absolute Gasteiger partial charge is 0.481 e. The van der Waals surface area contributed by atoms with E-state index in [1.54, 1.807) is 25.5 Å². The second-order valence-corrected chi connectivity index (χ2v) is 7.95. The number of fused-ring (bicyclic) bond motifs is 1. The van der Waals surface area contributed by atoms with Gasteiger partial charge in [0.2, 0.25) is 5.91 Å². The predicted molar refractivity (Wildman–Crippen MR) is 120 cm³/mol. The van der Waals surface area contributed by atoms with E-state index < -0.39 is 24.0 Å². The molecular weight excluding hydrogens is 417 g/mol. The zero-order valence-corrected chi connectivity index (χ0v) is 19.4. The average molecular weight is 450 g/mol. The molecule has 2 amide bonds. The molecule has 0 radical (unpaired) electrons. The Morgan fingerprint density at radius 2 is 1.66 bits per heavy atom. The second-order valence-electron chi connectivity index (χ2n) is 7.95. The number of aryl methyl sites for hydroxylation is 2. The SMILES string of the molecule is CC(=O)CC(CC(=O)O)NC(=O)C(NC(=O)c1c(C)c2ccccc2n1C)C(C)C.CF. The van der Waals surface area contributed by atoms with E-state index in [4.69, 9.17) is 5.11 Å². The van der Waals surface area contributed by atoms with E-state index in [0.717, 1.165) is 16.5 Å². The summed E-state index contributed by atoms with van der Waals surface area (Å²) in [6.45, 7) is 6.77. The van der Waals surface area contributed by atoms with E-state index in [1.165, 1.54) is 6.92 Å². The van der Waals surface area contributed by atoms with Crippen LogP contribution in [-0.2, 0) is 21.4 Å². The molecule has 2 aromatic rings. The number of carboxylic acid groups (broad SMARTS) is 1. The number of carbonyl (C=O) groups excluding carboxylic acids is 3. The Kier molecular flexibility index (Phi) is 10.0. The maximum Gasteiger partial charge on any atom is 0.305 e. The highest BCUT2D eigenvalue weighted by molar-refractivity contribution is 6.03. The topological polar surface area (TPSA) is 118 Å². The minimum atomic E-state index is -1.11. The number of hydrogen-bond donors (Lipinski definition) is 3. The van der Waals surface area contributed by atoms with Gasteiger partial charge in [-0.25, -0.2) is 0 Å². The van der Waals surface area contributed by atoms with E-state index >= 15 is 0 Å². The molecular formula is C23H32FN3O5. The van der Waals surface area contributed by atoms with Crippen molar-refractivity contribution in [1.82, 2.24) is 15.2 Å². The van der Waals surface area contributed by atoms with Gasteiger partial charge in [0.05, 0.1) is 13.6 Å². The Bertz CT molecular complexity index is 928. The summed E-state index contributed by atoms with van der Waals surface area (Å²) in [6, 6.07) is 5.95. The Hall–Kier alpha value is -3.23. The van der Waals surface area contributed by atoms with Crippen molar-refractivity contribution in [3.8, 4) is 0 Å². The number of aliphatic carboxylic acids is 1. The molecule has 3 N–H and O–H groups in total. The number of rotatable bonds is 9. The minimum absolute atomic E-state index is 0.0842. The Morgan fingerprint density at radius 3 is 2.16 bits per heavy atom. The Balaban J connectivity index is 0.00000249. The summed E-state index contributed by atoms with van der Waals surface area (Å²) in [5.74, 6) is -2.48. The first kappa shape index (κ1) is 26.8. The molecule has 1 aromatic heterocycles. The molecule has 0 aliphatic carbocycles. The van der Waals surface area contributed by atoms with E-state index in [2.05, 4.69) is 10.6 Å². The van der Waals surface area contributed by atoms with Crippen molar-refractivity contribution in [2.24, 2.45) is 13.0 Å². The van der Waals surface area contributed by atoms with Gasteiger partial charge in [0.15, 0.2) is 0 Å². The fourth-order valence-corrected chi connectivity index (χ4v) is 3.67. The molecule has 0 aliphatic rings. The molecule has 2 unspecified atom stereocenters. The van der Waals surface area contributed by atoms with Gasteiger partial charge >= 0.3 is 5.97 Å². The number of carboxylic acids is 1. The van der Waals surface area contributed by atoms with Crippen LogP contribution in [0.25, 0.3) is 10.9 Å². The summed E-state index contributed by atoms with van der Waals surface area (Å²) in [5.41, 5.74) is 2.18. The van der Waals surface area contributed by atoms with Crippen molar-refractivity contribution in [3.05, 3.63) is 35.5 Å². The van der Waals surface area contributed by atoms with Gasteiger partial charge in [-0.15, -0.1) is 0 Å². The van der Waals surface area contributed by atoms with Gasteiger partial charge in [-0.2, -0.15) is 0 Å². The standard InChI is InChI=1S/C22H29N3O5.CH3F/c1-12(2)19(21(29)23-15(10-13(3)26)11-18(27)28)24-22(30)20-14(4)16-8-6-7-9-17(16)25(20)5;1-2/h6-9,12,15,19H,10-11H2,1-5H3,(H,23,29)(H,24,30)(H,27,28);1H3. The summed E-state index contributed by atoms with van der Waals surface area (Å²) in [5, 5.41) is 15.4. The van der Waals surface area contributed by atoms with E-state index in [9.17, 15) is 23.6 Å². The summed E-state index contributed by atoms with van der Waals surface area (Å²) < 4.78 is 11.3. The highest BCUT2D eigenvalue weighted by Gasteiger charge is 2.29. The Morgan fingerprint density at radius 1 is 1.06 bits per heavy atom. The number of benzene rings is 1. The van der Waals surface area contributed by atoms with Crippen molar-refractivity contribution in [2.45, 2.75) is 52.6 Å². The third kappa shape index (κ3) is 6.63. The van der Waals surface area contributed by atoms with Gasteiger partial charge in [-0.05, 0) is 31.4 Å². The van der Waals surface area contributed by atoms with Gasteiger partial charge in [-0.3, -0.25) is 23.6 Å². The number of alkyl halides is 1. The Labute approximate surface area is 187 Å². The van der Waals surface area contributed by atoms with Crippen LogP contribution in [0, 0.1) is 12.8 Å². The van der Waals surface area contributed by atoms with Crippen LogP contribution in [0.2, 0.25) is 0 Å². The fraction of sp³-hybridized carbons (Fsp3) is 0.478. The number of ketones is 1. The molecule has 0 spiro atoms. The van der Waals surface area contributed by atoms with Crippen molar-refractivity contribution in [1.29, 1.82) is 0 Å². The smallest absolute Gasteiger partial charge is 0.305 e. The summed E-state index contributed by atoms with van der Waals surface area (Å²) in [6.07, 6.45) is -0.453. The molecule has 0 fully saturated rings. The number of aromatic nitrogens is 1. The van der Waals surface area contributed by atoms with Crippen molar-refractivity contribution in [2.75, 3.05) is 7.18 Å². The van der Waals surface area contributed by atoms with E-state index in [-0.39, 0.29) is 30.4 Å². The second kappa shape index (κ2) is 12.0. The molecule has 2 rings (SSSR count). The molecule has 176 valence electrons. The number of nitrogens with one attached hydrogen (secondary N) is 2. The lowest BCUT2D eigenvalue weighted by Crippen LogP contribution is -2.53. The van der Waals surface area contributed by atoms with E-state index in [0.29, 0.717) is 12.9 Å². The number of carbonyl (C=O) groups is 4. The number of para-hydroxylation sites is 1. The van der Waals surface area contributed by atoms with Crippen LogP contribution >= 0.6 is 0 Å². The van der Waals surface area contributed by atoms with Crippen LogP contribution in [0.3, 0.4) is 0 Å². The monoisotopic (exact) mass is 449 g/mol. The zero-order chi connectivity index (χ0) is 24.6. The first-order chi connectivity index (χ1) is 15.0. The summed E-state index contributed by atoms with van der Waals surface area (Å²) >= 11 is 0. The number of hydrogen-bond acceptors (Lipinski definition) is 4. The highest BCUT2D eigenvalue weighted by atomic mass is 19.1. The molecule has 32 heavy (non-hydrogen) atoms. The van der Waals surface area contributed by atoms with Crippen LogP contribution < -0.4 is 10.6 Å². The lowest BCUT2D eigenvalue weighted by Gasteiger charge is -2.25. The zero-order valence-electron chi connectivity index (χ0n) is 19.4. The first-order valence-corrected chi connectivity index (χ1v) is 10.3. The third-order valence-electron chi connectivity index (χ3n) is 5.11. The molecule has 0 bridgehead atoms. The molecule has 9 heteroatoms. The maximum absolute atomic E-state index is 13.1. The average Bonchev–Trinajstić information content (AvgIpc) is 2.97. The van der Waals surface area contributed by atoms with Crippen LogP contribution in [0.4, 0.5) is 4.39 Å². The lowest BCUT2D eigenvalue weighted by atomic mass is 10.0. The molecule has 1 aromatic carbocycles. The van der Waals surface area contributed by atoms with Crippen LogP contribution in [0.5, 0.6) is 0 Å². The predicted octanol–water partition coefficient (Wildman–Crippen LogP) is 2.77. The summed E-state index contributed by atoms with van der Waals surface area (Å²) in [4.78, 5) is 48.4. The van der Waals surface area contributed by atoms with Crippen molar-refractivity contribution >= 4 is 34.5 Å². The van der Waals surface area contributed by atoms with Gasteiger partial charge in [0.1, 0.15) is 17.5 Å². The first-order valence-electron chi connectivity index (χ1n) is 10.3. The minimum Gasteiger partial charge on any atom is -0.481 e. The quantitative estimate of drug-likeness (QED) is 0.544. The fourth-order valence-electron chi connectivity index (χ4n) is 3.67. The van der Waals surface area contributed by atoms with Gasteiger partial charge in [0, 0.05) is 30.4 Å². The number of Topliss-reactive ketones (excluding diaryl/α,β-unsaturated/α-hetero) is 1. The molecule has 0 aliphatic heterocycles. The third-order valence-corrected chi connectivity index (χ3v) is 5.11. The van der Waals surface area contributed by atoms with Crippen LogP contribution in [-0.4, -0.2) is 52.5 Å². The van der Waals surface area contributed by atoms with Crippen LogP contribution in [0.15, 0.2) is 24.3 Å². The van der Waals surface area contributed by atoms with Crippen molar-refractivity contribution in [3.63, 3.8) is 0 Å². The molecule has 0 saturated carbocycles. The van der Waals surface area contributed by atoms with Gasteiger partial charge < -0.3 is 20.3 Å². The van der Waals surface area contributed by atoms with Gasteiger partial charge in [0.25, 0.3) is 5.91 Å². The normalized spacial score (nSPS) is 12.5. The molecule has 1 heterocycles. The number of amides is 2. The summed E-state index contributed by atoms with van der Waals surface area (Å²) in [7, 11) is 2.30.